The molecule has 1 aromatic heterocycles. The highest BCUT2D eigenvalue weighted by Gasteiger charge is 2.18. The average Bonchev–Trinajstić information content (AvgIpc) is 2.03. The van der Waals surface area contributed by atoms with Crippen molar-refractivity contribution in [1.29, 1.82) is 0 Å². The van der Waals surface area contributed by atoms with Crippen LogP contribution < -0.4 is 0 Å². The van der Waals surface area contributed by atoms with E-state index in [0.717, 1.165) is 12.3 Å². The number of nitrogens with zero attached hydrogens (tertiary/aromatic N) is 1. The first-order valence-corrected chi connectivity index (χ1v) is 3.04. The molecule has 0 radical (unpaired) electrons. The molecule has 0 aliphatic heterocycles. The SMILES string of the molecule is O=Cc1ccnc(F)c1C(F)F. The van der Waals surface area contributed by atoms with Crippen LogP contribution in [0.3, 0.4) is 0 Å². The van der Waals surface area contributed by atoms with Crippen LogP contribution in [0.4, 0.5) is 13.2 Å². The van der Waals surface area contributed by atoms with Crippen molar-refractivity contribution < 1.29 is 18.0 Å². The first-order valence-electron chi connectivity index (χ1n) is 3.04. The molecule has 0 amide bonds. The molecule has 2 nitrogen and oxygen atoms in total. The molecule has 0 N–H and O–H groups in total. The van der Waals surface area contributed by atoms with Crippen molar-refractivity contribution >= 4 is 6.29 Å². The van der Waals surface area contributed by atoms with E-state index in [1.807, 2.05) is 0 Å². The zero-order chi connectivity index (χ0) is 9.14. The predicted octanol–water partition coefficient (Wildman–Crippen LogP) is 1.97. The summed E-state index contributed by atoms with van der Waals surface area (Å²) in [5, 5.41) is 0. The summed E-state index contributed by atoms with van der Waals surface area (Å²) in [5.74, 6) is -1.30. The number of carbonyl (C=O) groups is 1. The van der Waals surface area contributed by atoms with Gasteiger partial charge in [0.05, 0.1) is 5.56 Å². The van der Waals surface area contributed by atoms with E-state index in [9.17, 15) is 18.0 Å². The molecule has 0 bridgehead atoms. The molecule has 0 saturated carbocycles. The topological polar surface area (TPSA) is 30.0 Å². The second-order valence-corrected chi connectivity index (χ2v) is 2.02. The van der Waals surface area contributed by atoms with Gasteiger partial charge in [0, 0.05) is 11.8 Å². The van der Waals surface area contributed by atoms with Crippen molar-refractivity contribution in [3.05, 3.63) is 29.3 Å². The minimum atomic E-state index is -3.01. The normalized spacial score (nSPS) is 10.3. The van der Waals surface area contributed by atoms with Crippen molar-refractivity contribution in [2.24, 2.45) is 0 Å². The van der Waals surface area contributed by atoms with Crippen LogP contribution in [-0.2, 0) is 0 Å². The summed E-state index contributed by atoms with van der Waals surface area (Å²) in [6.45, 7) is 0. The Labute approximate surface area is 66.0 Å². The molecule has 0 aromatic carbocycles. The first-order chi connectivity index (χ1) is 5.66. The zero-order valence-electron chi connectivity index (χ0n) is 5.80. The van der Waals surface area contributed by atoms with E-state index in [-0.39, 0.29) is 11.8 Å². The number of pyridine rings is 1. The van der Waals surface area contributed by atoms with E-state index in [4.69, 9.17) is 0 Å². The van der Waals surface area contributed by atoms with Crippen LogP contribution in [0.2, 0.25) is 0 Å². The summed E-state index contributed by atoms with van der Waals surface area (Å²) in [7, 11) is 0. The zero-order valence-corrected chi connectivity index (χ0v) is 5.80. The van der Waals surface area contributed by atoms with Crippen LogP contribution in [0.15, 0.2) is 12.3 Å². The van der Waals surface area contributed by atoms with Crippen LogP contribution in [0.25, 0.3) is 0 Å². The molecule has 1 aromatic rings. The van der Waals surface area contributed by atoms with Crippen LogP contribution in [0, 0.1) is 5.95 Å². The Bertz CT molecular complexity index is 301. The maximum Gasteiger partial charge on any atom is 0.268 e. The monoisotopic (exact) mass is 175 g/mol. The molecule has 0 aliphatic rings. The van der Waals surface area contributed by atoms with Crippen molar-refractivity contribution in [3.63, 3.8) is 0 Å². The Balaban J connectivity index is 3.29. The van der Waals surface area contributed by atoms with Crippen molar-refractivity contribution in [1.82, 2.24) is 4.98 Å². The second kappa shape index (κ2) is 3.34. The first kappa shape index (κ1) is 8.70. The standard InChI is InChI=1S/C7H4F3NO/c8-6(9)5-4(3-12)1-2-11-7(5)10/h1-3,6H. The lowest BCUT2D eigenvalue weighted by atomic mass is 10.1. The van der Waals surface area contributed by atoms with E-state index < -0.39 is 17.9 Å². The Hall–Kier alpha value is -1.39. The van der Waals surface area contributed by atoms with Gasteiger partial charge in [-0.05, 0) is 6.07 Å². The number of hydrogen-bond acceptors (Lipinski definition) is 2. The van der Waals surface area contributed by atoms with E-state index in [2.05, 4.69) is 4.98 Å². The fourth-order valence-corrected chi connectivity index (χ4v) is 0.780. The Morgan fingerprint density at radius 3 is 2.58 bits per heavy atom. The maximum absolute atomic E-state index is 12.5. The smallest absolute Gasteiger partial charge is 0.268 e. The third kappa shape index (κ3) is 1.44. The summed E-state index contributed by atoms with van der Waals surface area (Å²) in [6.07, 6.45) is -1.88. The molecule has 0 saturated heterocycles. The maximum atomic E-state index is 12.5. The van der Waals surface area contributed by atoms with Gasteiger partial charge in [0.15, 0.2) is 6.29 Å². The predicted molar refractivity (Wildman–Crippen MR) is 34.5 cm³/mol. The minimum Gasteiger partial charge on any atom is -0.298 e. The van der Waals surface area contributed by atoms with E-state index in [1.54, 1.807) is 0 Å². The van der Waals surface area contributed by atoms with Gasteiger partial charge in [0.25, 0.3) is 6.43 Å². The molecule has 12 heavy (non-hydrogen) atoms. The summed E-state index contributed by atoms with van der Waals surface area (Å²) >= 11 is 0. The molecule has 0 atom stereocenters. The van der Waals surface area contributed by atoms with Gasteiger partial charge < -0.3 is 0 Å². The molecule has 0 spiro atoms. The van der Waals surface area contributed by atoms with Crippen molar-refractivity contribution in [2.75, 3.05) is 0 Å². The number of rotatable bonds is 2. The number of halogens is 3. The number of aromatic nitrogens is 1. The van der Waals surface area contributed by atoms with Gasteiger partial charge in [-0.3, -0.25) is 4.79 Å². The Morgan fingerprint density at radius 2 is 2.17 bits per heavy atom. The third-order valence-electron chi connectivity index (χ3n) is 1.32. The van der Waals surface area contributed by atoms with Crippen LogP contribution >= 0.6 is 0 Å². The highest BCUT2D eigenvalue weighted by atomic mass is 19.3. The highest BCUT2D eigenvalue weighted by molar-refractivity contribution is 5.77. The lowest BCUT2D eigenvalue weighted by Crippen LogP contribution is -1.99. The molecular formula is C7H4F3NO. The molecule has 1 heterocycles. The summed E-state index contributed by atoms with van der Waals surface area (Å²) in [6, 6.07) is 1.04. The third-order valence-corrected chi connectivity index (χ3v) is 1.32. The number of aldehydes is 1. The molecule has 5 heteroatoms. The molecule has 1 rings (SSSR count). The average molecular weight is 175 g/mol. The molecule has 0 fully saturated rings. The van der Waals surface area contributed by atoms with Gasteiger partial charge in [0.2, 0.25) is 5.95 Å². The van der Waals surface area contributed by atoms with E-state index >= 15 is 0 Å². The van der Waals surface area contributed by atoms with Gasteiger partial charge in [-0.25, -0.2) is 13.8 Å². The molecular weight excluding hydrogens is 171 g/mol. The Kier molecular flexibility index (Phi) is 2.42. The lowest BCUT2D eigenvalue weighted by Gasteiger charge is -2.02. The van der Waals surface area contributed by atoms with Gasteiger partial charge in [-0.1, -0.05) is 0 Å². The van der Waals surface area contributed by atoms with Crippen molar-refractivity contribution in [3.8, 4) is 0 Å². The van der Waals surface area contributed by atoms with Crippen molar-refractivity contribution in [2.45, 2.75) is 6.43 Å². The van der Waals surface area contributed by atoms with Crippen LogP contribution in [0.5, 0.6) is 0 Å². The molecule has 0 unspecified atom stereocenters. The molecule has 0 aliphatic carbocycles. The highest BCUT2D eigenvalue weighted by Crippen LogP contribution is 2.23. The number of hydrogen-bond donors (Lipinski definition) is 0. The quantitative estimate of drug-likeness (QED) is 0.508. The summed E-state index contributed by atoms with van der Waals surface area (Å²) in [4.78, 5) is 13.2. The van der Waals surface area contributed by atoms with E-state index in [1.165, 1.54) is 0 Å². The van der Waals surface area contributed by atoms with Gasteiger partial charge >= 0.3 is 0 Å². The van der Waals surface area contributed by atoms with Gasteiger partial charge in [-0.2, -0.15) is 4.39 Å². The van der Waals surface area contributed by atoms with Gasteiger partial charge in [-0.15, -0.1) is 0 Å². The minimum absolute atomic E-state index is 0.173. The summed E-state index contributed by atoms with van der Waals surface area (Å²) in [5.41, 5.74) is -1.30. The fraction of sp³-hybridized carbons (Fsp3) is 0.143. The lowest BCUT2D eigenvalue weighted by molar-refractivity contribution is 0.110. The van der Waals surface area contributed by atoms with Crippen LogP contribution in [-0.4, -0.2) is 11.3 Å². The largest absolute Gasteiger partial charge is 0.298 e. The Morgan fingerprint density at radius 1 is 1.50 bits per heavy atom. The van der Waals surface area contributed by atoms with Gasteiger partial charge in [0.1, 0.15) is 0 Å². The summed E-state index contributed by atoms with van der Waals surface area (Å²) < 4.78 is 36.6. The molecule has 64 valence electrons. The fourth-order valence-electron chi connectivity index (χ4n) is 0.780. The number of alkyl halides is 2. The second-order valence-electron chi connectivity index (χ2n) is 2.02. The number of carbonyl (C=O) groups excluding carboxylic acids is 1. The van der Waals surface area contributed by atoms with E-state index in [0.29, 0.717) is 0 Å². The van der Waals surface area contributed by atoms with Crippen LogP contribution in [0.1, 0.15) is 22.3 Å².